The molecule has 4 aromatic rings. The van der Waals surface area contributed by atoms with Crippen LogP contribution in [0.25, 0.3) is 22.0 Å². The van der Waals surface area contributed by atoms with Crippen LogP contribution < -0.4 is 5.32 Å². The van der Waals surface area contributed by atoms with Crippen LogP contribution in [0.1, 0.15) is 48.2 Å². The highest BCUT2D eigenvalue weighted by Crippen LogP contribution is 2.25. The number of pyridine rings is 1. The van der Waals surface area contributed by atoms with Crippen LogP contribution in [-0.4, -0.2) is 33.6 Å². The van der Waals surface area contributed by atoms with Crippen molar-refractivity contribution in [2.24, 2.45) is 5.92 Å². The van der Waals surface area contributed by atoms with Crippen molar-refractivity contribution < 1.29 is 14.7 Å². The van der Waals surface area contributed by atoms with Gasteiger partial charge in [0.05, 0.1) is 23.3 Å². The molecular weight excluding hydrogens is 438 g/mol. The van der Waals surface area contributed by atoms with Crippen molar-refractivity contribution in [1.29, 1.82) is 0 Å². The molecule has 0 saturated heterocycles. The molecule has 6 nitrogen and oxygen atoms in total. The Labute approximate surface area is 205 Å². The molecule has 1 fully saturated rings. The molecule has 1 saturated carbocycles. The van der Waals surface area contributed by atoms with Gasteiger partial charge < -0.3 is 15.0 Å². The van der Waals surface area contributed by atoms with Gasteiger partial charge in [0.15, 0.2) is 0 Å². The molecule has 1 aliphatic rings. The third kappa shape index (κ3) is 6.15. The summed E-state index contributed by atoms with van der Waals surface area (Å²) in [5.41, 5.74) is 4.95. The smallest absolute Gasteiger partial charge is 0.290 e. The van der Waals surface area contributed by atoms with Gasteiger partial charge in [-0.05, 0) is 42.5 Å². The van der Waals surface area contributed by atoms with E-state index in [1.54, 1.807) is 0 Å². The summed E-state index contributed by atoms with van der Waals surface area (Å²) in [6.45, 7) is 1.16. The fraction of sp³-hybridized carbons (Fsp3) is 0.276. The summed E-state index contributed by atoms with van der Waals surface area (Å²) < 4.78 is 2.13. The van der Waals surface area contributed by atoms with Crippen molar-refractivity contribution in [3.05, 3.63) is 90.4 Å². The van der Waals surface area contributed by atoms with Crippen LogP contribution in [0, 0.1) is 5.92 Å². The van der Waals surface area contributed by atoms with Crippen LogP contribution in [-0.2, 0) is 11.3 Å². The summed E-state index contributed by atoms with van der Waals surface area (Å²) in [4.78, 5) is 26.1. The Balaban J connectivity index is 0.000000917. The van der Waals surface area contributed by atoms with E-state index in [1.165, 1.54) is 32.1 Å². The molecule has 0 radical (unpaired) electrons. The topological polar surface area (TPSA) is 84.2 Å². The maximum absolute atomic E-state index is 13.1. The molecule has 0 bridgehead atoms. The number of rotatable bonds is 6. The summed E-state index contributed by atoms with van der Waals surface area (Å²) in [5, 5.41) is 11.2. The quantitative estimate of drug-likeness (QED) is 0.352. The van der Waals surface area contributed by atoms with Crippen molar-refractivity contribution >= 4 is 23.3 Å². The van der Waals surface area contributed by atoms with Gasteiger partial charge in [-0.3, -0.25) is 14.6 Å². The van der Waals surface area contributed by atoms with Crippen LogP contribution in [0.15, 0.2) is 79.1 Å². The van der Waals surface area contributed by atoms with Gasteiger partial charge >= 0.3 is 0 Å². The number of nitrogens with one attached hydrogen (secondary N) is 1. The molecule has 1 aliphatic carbocycles. The van der Waals surface area contributed by atoms with Gasteiger partial charge in [-0.1, -0.05) is 67.8 Å². The van der Waals surface area contributed by atoms with Crippen LogP contribution >= 0.6 is 0 Å². The zero-order valence-electron chi connectivity index (χ0n) is 19.8. The predicted octanol–water partition coefficient (Wildman–Crippen LogP) is 5.76. The van der Waals surface area contributed by atoms with E-state index in [4.69, 9.17) is 9.90 Å². The van der Waals surface area contributed by atoms with E-state index in [-0.39, 0.29) is 12.4 Å². The van der Waals surface area contributed by atoms with Gasteiger partial charge in [0, 0.05) is 29.9 Å². The van der Waals surface area contributed by atoms with E-state index in [0.29, 0.717) is 12.5 Å². The lowest BCUT2D eigenvalue weighted by molar-refractivity contribution is -0.122. The van der Waals surface area contributed by atoms with E-state index in [2.05, 4.69) is 57.5 Å². The van der Waals surface area contributed by atoms with Crippen LogP contribution in [0.5, 0.6) is 0 Å². The van der Waals surface area contributed by atoms with Crippen molar-refractivity contribution in [1.82, 2.24) is 14.9 Å². The van der Waals surface area contributed by atoms with Crippen molar-refractivity contribution in [2.75, 3.05) is 6.54 Å². The molecule has 2 heterocycles. The molecule has 180 valence electrons. The molecule has 1 amide bonds. The Morgan fingerprint density at radius 3 is 2.46 bits per heavy atom. The van der Waals surface area contributed by atoms with Gasteiger partial charge in [0.25, 0.3) is 12.4 Å². The maximum atomic E-state index is 13.1. The van der Waals surface area contributed by atoms with E-state index in [0.717, 1.165) is 39.8 Å². The molecule has 6 heteroatoms. The number of hydrogen-bond acceptors (Lipinski definition) is 3. The number of amides is 1. The van der Waals surface area contributed by atoms with Crippen molar-refractivity contribution in [2.45, 2.75) is 38.6 Å². The zero-order chi connectivity index (χ0) is 24.5. The number of carbonyl (C=O) groups excluding carboxylic acids is 1. The highest BCUT2D eigenvalue weighted by Gasteiger charge is 2.17. The first-order chi connectivity index (χ1) is 17.2. The minimum absolute atomic E-state index is 0.0218. The van der Waals surface area contributed by atoms with E-state index in [1.807, 2.05) is 36.5 Å². The van der Waals surface area contributed by atoms with Crippen LogP contribution in [0.2, 0.25) is 0 Å². The summed E-state index contributed by atoms with van der Waals surface area (Å²) in [5.74, 6) is 0.638. The Kier molecular flexibility index (Phi) is 8.28. The second kappa shape index (κ2) is 12.0. The molecule has 2 aromatic heterocycles. The number of aromatic nitrogens is 2. The fourth-order valence-electron chi connectivity index (χ4n) is 4.79. The number of fused-ring (bicyclic) bond motifs is 1. The standard InChI is InChI=1S/C28H29N3O.CH2O2/c32-28(30-18-21-8-3-1-4-9-21)26-13-7-12-23-16-17-31(27(23)26)20-25-15-14-24(19-29-25)22-10-5-2-6-11-22;2-1-3/h2,5-7,10-17,19,21H,1,3-4,8-9,18,20H2,(H,30,32);1H,(H,2,3). The first-order valence-corrected chi connectivity index (χ1v) is 12.1. The molecule has 0 aliphatic heterocycles. The Bertz CT molecular complexity index is 1240. The molecular formula is C29H31N3O3. The largest absolute Gasteiger partial charge is 0.483 e. The lowest BCUT2D eigenvalue weighted by atomic mass is 9.89. The summed E-state index contributed by atoms with van der Waals surface area (Å²) in [6, 6.07) is 22.5. The first-order valence-electron chi connectivity index (χ1n) is 12.1. The van der Waals surface area contributed by atoms with Gasteiger partial charge in [-0.2, -0.15) is 0 Å². The Hall–Kier alpha value is -3.93. The van der Waals surface area contributed by atoms with Crippen molar-refractivity contribution in [3.63, 3.8) is 0 Å². The minimum atomic E-state index is -0.250. The monoisotopic (exact) mass is 469 g/mol. The van der Waals surface area contributed by atoms with E-state index < -0.39 is 0 Å². The van der Waals surface area contributed by atoms with Crippen LogP contribution in [0.4, 0.5) is 0 Å². The number of nitrogens with zero attached hydrogens (tertiary/aromatic N) is 2. The number of hydrogen-bond donors (Lipinski definition) is 2. The average Bonchev–Trinajstić information content (AvgIpc) is 3.32. The molecule has 0 unspecified atom stereocenters. The van der Waals surface area contributed by atoms with Crippen LogP contribution in [0.3, 0.4) is 0 Å². The fourth-order valence-corrected chi connectivity index (χ4v) is 4.79. The highest BCUT2D eigenvalue weighted by atomic mass is 16.3. The van der Waals surface area contributed by atoms with Gasteiger partial charge in [0.2, 0.25) is 0 Å². The van der Waals surface area contributed by atoms with Crippen molar-refractivity contribution in [3.8, 4) is 11.1 Å². The minimum Gasteiger partial charge on any atom is -0.483 e. The molecule has 2 N–H and O–H groups in total. The lowest BCUT2D eigenvalue weighted by Crippen LogP contribution is -2.30. The summed E-state index contributed by atoms with van der Waals surface area (Å²) >= 11 is 0. The second-order valence-corrected chi connectivity index (χ2v) is 8.91. The first kappa shape index (κ1) is 24.2. The average molecular weight is 470 g/mol. The zero-order valence-corrected chi connectivity index (χ0v) is 19.8. The third-order valence-electron chi connectivity index (χ3n) is 6.57. The Morgan fingerprint density at radius 2 is 1.74 bits per heavy atom. The van der Waals surface area contributed by atoms with E-state index in [9.17, 15) is 4.79 Å². The molecule has 0 atom stereocenters. The number of carboxylic acid groups (broad SMARTS) is 1. The molecule has 35 heavy (non-hydrogen) atoms. The normalized spacial score (nSPS) is 13.6. The molecule has 2 aromatic carbocycles. The lowest BCUT2D eigenvalue weighted by Gasteiger charge is -2.21. The predicted molar refractivity (Wildman–Crippen MR) is 138 cm³/mol. The van der Waals surface area contributed by atoms with Gasteiger partial charge in [0.1, 0.15) is 0 Å². The number of carbonyl (C=O) groups is 2. The maximum Gasteiger partial charge on any atom is 0.290 e. The van der Waals surface area contributed by atoms with Gasteiger partial charge in [-0.25, -0.2) is 0 Å². The van der Waals surface area contributed by atoms with Gasteiger partial charge in [-0.15, -0.1) is 0 Å². The second-order valence-electron chi connectivity index (χ2n) is 8.91. The third-order valence-corrected chi connectivity index (χ3v) is 6.57. The number of para-hydroxylation sites is 1. The highest BCUT2D eigenvalue weighted by molar-refractivity contribution is 6.06. The molecule has 5 rings (SSSR count). The van der Waals surface area contributed by atoms with E-state index >= 15 is 0 Å². The number of benzene rings is 2. The SMILES string of the molecule is O=C(NCC1CCCCC1)c1cccc2ccn(Cc3ccc(-c4ccccc4)cn3)c12.O=CO. The summed E-state index contributed by atoms with van der Waals surface area (Å²) in [7, 11) is 0. The summed E-state index contributed by atoms with van der Waals surface area (Å²) in [6.07, 6.45) is 10.3. The Morgan fingerprint density at radius 1 is 0.971 bits per heavy atom. The molecule has 0 spiro atoms.